The molecule has 3 nitrogen and oxygen atoms in total. The molecule has 0 spiro atoms. The lowest BCUT2D eigenvalue weighted by atomic mass is 9.92. The maximum atomic E-state index is 6.35. The number of benzene rings is 2. The lowest BCUT2D eigenvalue weighted by Crippen LogP contribution is -2.24. The molecule has 4 rings (SSSR count). The van der Waals surface area contributed by atoms with Crippen LogP contribution in [-0.4, -0.2) is 6.61 Å². The first-order chi connectivity index (χ1) is 10.2. The Morgan fingerprint density at radius 1 is 1.10 bits per heavy atom. The number of ether oxygens (including phenoxy) is 2. The molecule has 0 saturated heterocycles. The molecular weight excluding hydrogens is 262 g/mol. The highest BCUT2D eigenvalue weighted by Gasteiger charge is 2.28. The third kappa shape index (κ3) is 2.18. The standard InChI is InChI=1S/C18H19NO2/c1-11-2-4-17-14(8-11)15(19)10-18(21-17)12-3-5-16-13(9-12)6-7-20-16/h2-5,8-9,15,18H,6-7,10,19H2,1H3. The predicted molar refractivity (Wildman–Crippen MR) is 81.7 cm³/mol. The van der Waals surface area contributed by atoms with Crippen molar-refractivity contribution in [2.75, 3.05) is 6.61 Å². The lowest BCUT2D eigenvalue weighted by Gasteiger charge is -2.31. The number of aryl methyl sites for hydroxylation is 1. The van der Waals surface area contributed by atoms with E-state index in [2.05, 4.69) is 37.3 Å². The van der Waals surface area contributed by atoms with Gasteiger partial charge in [0, 0.05) is 24.4 Å². The van der Waals surface area contributed by atoms with E-state index in [-0.39, 0.29) is 12.1 Å². The number of fused-ring (bicyclic) bond motifs is 2. The Morgan fingerprint density at radius 3 is 2.86 bits per heavy atom. The van der Waals surface area contributed by atoms with E-state index in [4.69, 9.17) is 15.2 Å². The molecule has 0 fully saturated rings. The minimum Gasteiger partial charge on any atom is -0.493 e. The second kappa shape index (κ2) is 4.78. The van der Waals surface area contributed by atoms with Gasteiger partial charge >= 0.3 is 0 Å². The van der Waals surface area contributed by atoms with Crippen LogP contribution in [0.2, 0.25) is 0 Å². The zero-order valence-electron chi connectivity index (χ0n) is 12.1. The molecule has 2 aromatic carbocycles. The SMILES string of the molecule is Cc1ccc2c(c1)C(N)CC(c1ccc3c(c1)CCO3)O2. The van der Waals surface area contributed by atoms with E-state index in [0.717, 1.165) is 36.5 Å². The molecule has 0 bridgehead atoms. The molecule has 21 heavy (non-hydrogen) atoms. The number of hydrogen-bond acceptors (Lipinski definition) is 3. The van der Waals surface area contributed by atoms with Gasteiger partial charge in [0.2, 0.25) is 0 Å². The quantitative estimate of drug-likeness (QED) is 0.870. The third-order valence-corrected chi connectivity index (χ3v) is 4.39. The molecule has 0 saturated carbocycles. The van der Waals surface area contributed by atoms with Crippen molar-refractivity contribution in [1.82, 2.24) is 0 Å². The van der Waals surface area contributed by atoms with Crippen LogP contribution < -0.4 is 15.2 Å². The molecule has 2 aromatic rings. The average Bonchev–Trinajstić information content (AvgIpc) is 2.95. The van der Waals surface area contributed by atoms with E-state index in [1.165, 1.54) is 16.7 Å². The molecule has 2 unspecified atom stereocenters. The van der Waals surface area contributed by atoms with E-state index >= 15 is 0 Å². The van der Waals surface area contributed by atoms with Crippen molar-refractivity contribution in [3.05, 3.63) is 58.7 Å². The monoisotopic (exact) mass is 281 g/mol. The molecule has 2 aliphatic heterocycles. The minimum absolute atomic E-state index is 0.0288. The highest BCUT2D eigenvalue weighted by atomic mass is 16.5. The van der Waals surface area contributed by atoms with E-state index in [9.17, 15) is 0 Å². The molecule has 2 aliphatic rings. The van der Waals surface area contributed by atoms with Gasteiger partial charge in [-0.15, -0.1) is 0 Å². The van der Waals surface area contributed by atoms with Gasteiger partial charge in [0.1, 0.15) is 17.6 Å². The van der Waals surface area contributed by atoms with Crippen LogP contribution in [0.15, 0.2) is 36.4 Å². The van der Waals surface area contributed by atoms with Crippen LogP contribution in [-0.2, 0) is 6.42 Å². The summed E-state index contributed by atoms with van der Waals surface area (Å²) in [7, 11) is 0. The average molecular weight is 281 g/mol. The van der Waals surface area contributed by atoms with Crippen molar-refractivity contribution >= 4 is 0 Å². The summed E-state index contributed by atoms with van der Waals surface area (Å²) in [6.45, 7) is 2.87. The molecule has 108 valence electrons. The molecule has 3 heteroatoms. The van der Waals surface area contributed by atoms with Gasteiger partial charge < -0.3 is 15.2 Å². The largest absolute Gasteiger partial charge is 0.493 e. The van der Waals surface area contributed by atoms with Gasteiger partial charge in [-0.25, -0.2) is 0 Å². The third-order valence-electron chi connectivity index (χ3n) is 4.39. The van der Waals surface area contributed by atoms with Gasteiger partial charge in [0.05, 0.1) is 6.61 Å². The zero-order chi connectivity index (χ0) is 14.4. The maximum Gasteiger partial charge on any atom is 0.126 e. The summed E-state index contributed by atoms with van der Waals surface area (Å²) in [6, 6.07) is 12.6. The van der Waals surface area contributed by atoms with Crippen molar-refractivity contribution < 1.29 is 9.47 Å². The molecular formula is C18H19NO2. The summed E-state index contributed by atoms with van der Waals surface area (Å²) >= 11 is 0. The van der Waals surface area contributed by atoms with Crippen LogP contribution in [0, 0.1) is 6.92 Å². The van der Waals surface area contributed by atoms with Gasteiger partial charge in [0.15, 0.2) is 0 Å². The molecule has 2 N–H and O–H groups in total. The van der Waals surface area contributed by atoms with Crippen LogP contribution in [0.25, 0.3) is 0 Å². The summed E-state index contributed by atoms with van der Waals surface area (Å²) in [5.74, 6) is 1.93. The summed E-state index contributed by atoms with van der Waals surface area (Å²) in [5, 5.41) is 0. The van der Waals surface area contributed by atoms with Crippen molar-refractivity contribution in [1.29, 1.82) is 0 Å². The normalized spacial score (nSPS) is 23.0. The number of rotatable bonds is 1. The highest BCUT2D eigenvalue weighted by molar-refractivity contribution is 5.44. The fraction of sp³-hybridized carbons (Fsp3) is 0.333. The van der Waals surface area contributed by atoms with Crippen molar-refractivity contribution in [3.63, 3.8) is 0 Å². The Morgan fingerprint density at radius 2 is 1.95 bits per heavy atom. The van der Waals surface area contributed by atoms with Crippen molar-refractivity contribution in [2.45, 2.75) is 31.9 Å². The Bertz CT molecular complexity index is 696. The van der Waals surface area contributed by atoms with Crippen LogP contribution in [0.3, 0.4) is 0 Å². The summed E-state index contributed by atoms with van der Waals surface area (Å²) in [5.41, 5.74) is 11.2. The van der Waals surface area contributed by atoms with Gasteiger partial charge in [-0.2, -0.15) is 0 Å². The van der Waals surface area contributed by atoms with Crippen LogP contribution in [0.4, 0.5) is 0 Å². The summed E-state index contributed by atoms with van der Waals surface area (Å²) < 4.78 is 11.7. The Labute approximate surface area is 124 Å². The number of nitrogens with two attached hydrogens (primary N) is 1. The Balaban J connectivity index is 1.67. The fourth-order valence-corrected chi connectivity index (χ4v) is 3.23. The molecule has 0 amide bonds. The number of hydrogen-bond donors (Lipinski definition) is 1. The predicted octanol–water partition coefficient (Wildman–Crippen LogP) is 3.45. The van der Waals surface area contributed by atoms with E-state index < -0.39 is 0 Å². The summed E-state index contributed by atoms with van der Waals surface area (Å²) in [4.78, 5) is 0. The first-order valence-electron chi connectivity index (χ1n) is 7.49. The Hall–Kier alpha value is -2.00. The molecule has 0 radical (unpaired) electrons. The smallest absolute Gasteiger partial charge is 0.126 e. The van der Waals surface area contributed by atoms with Crippen LogP contribution in [0.1, 0.15) is 40.8 Å². The van der Waals surface area contributed by atoms with E-state index in [1.807, 2.05) is 6.07 Å². The fourth-order valence-electron chi connectivity index (χ4n) is 3.23. The zero-order valence-corrected chi connectivity index (χ0v) is 12.1. The maximum absolute atomic E-state index is 6.35. The molecule has 0 aliphatic carbocycles. The minimum atomic E-state index is 0.0288. The first-order valence-corrected chi connectivity index (χ1v) is 7.49. The van der Waals surface area contributed by atoms with Gasteiger partial charge in [0.25, 0.3) is 0 Å². The Kier molecular flexibility index (Phi) is 2.89. The van der Waals surface area contributed by atoms with Crippen molar-refractivity contribution in [3.8, 4) is 11.5 Å². The first kappa shape index (κ1) is 12.7. The van der Waals surface area contributed by atoms with Gasteiger partial charge in [-0.05, 0) is 36.2 Å². The van der Waals surface area contributed by atoms with Gasteiger partial charge in [-0.1, -0.05) is 23.8 Å². The summed E-state index contributed by atoms with van der Waals surface area (Å²) in [6.07, 6.45) is 1.83. The second-order valence-corrected chi connectivity index (χ2v) is 5.96. The van der Waals surface area contributed by atoms with Crippen molar-refractivity contribution in [2.24, 2.45) is 5.73 Å². The highest BCUT2D eigenvalue weighted by Crippen LogP contribution is 2.41. The van der Waals surface area contributed by atoms with E-state index in [0.29, 0.717) is 0 Å². The van der Waals surface area contributed by atoms with Crippen LogP contribution >= 0.6 is 0 Å². The molecule has 0 aromatic heterocycles. The van der Waals surface area contributed by atoms with E-state index in [1.54, 1.807) is 0 Å². The van der Waals surface area contributed by atoms with Crippen LogP contribution in [0.5, 0.6) is 11.5 Å². The van der Waals surface area contributed by atoms with Gasteiger partial charge in [-0.3, -0.25) is 0 Å². The topological polar surface area (TPSA) is 44.5 Å². The second-order valence-electron chi connectivity index (χ2n) is 5.96. The molecule has 2 atom stereocenters. The molecule has 2 heterocycles. The lowest BCUT2D eigenvalue weighted by molar-refractivity contribution is 0.161.